The fraction of sp³-hybridized carbons (Fsp3) is 0.222. The molecular weight excluding hydrogens is 354 g/mol. The number of benzene rings is 2. The first-order valence-electron chi connectivity index (χ1n) is 8.14. The molecule has 0 aliphatic heterocycles. The molecular formula is C18H21N3O4S. The van der Waals surface area contributed by atoms with Gasteiger partial charge in [-0.05, 0) is 18.6 Å². The molecule has 0 bridgehead atoms. The minimum Gasteiger partial charge on any atom is -0.409 e. The minimum atomic E-state index is -4.34. The number of amides is 1. The highest BCUT2D eigenvalue weighted by atomic mass is 32.2. The lowest BCUT2D eigenvalue weighted by Crippen LogP contribution is -2.39. The number of para-hydroxylation sites is 1. The van der Waals surface area contributed by atoms with Crippen LogP contribution in [0.4, 0.5) is 4.79 Å². The number of rotatable bonds is 7. The summed E-state index contributed by atoms with van der Waals surface area (Å²) in [5.41, 5.74) is 6.24. The normalized spacial score (nSPS) is 11.8. The highest BCUT2D eigenvalue weighted by Gasteiger charge is 2.29. The molecule has 8 heteroatoms. The van der Waals surface area contributed by atoms with Gasteiger partial charge in [0.1, 0.15) is 11.6 Å². The molecule has 2 N–H and O–H groups in total. The van der Waals surface area contributed by atoms with Gasteiger partial charge in [-0.15, -0.1) is 4.40 Å². The Morgan fingerprint density at radius 2 is 1.65 bits per heavy atom. The van der Waals surface area contributed by atoms with E-state index in [9.17, 15) is 13.2 Å². The lowest BCUT2D eigenvalue weighted by molar-refractivity contribution is 0.178. The molecule has 138 valence electrons. The van der Waals surface area contributed by atoms with E-state index in [2.05, 4.69) is 4.40 Å². The van der Waals surface area contributed by atoms with Crippen LogP contribution in [0.2, 0.25) is 0 Å². The van der Waals surface area contributed by atoms with Crippen LogP contribution < -0.4 is 10.5 Å². The molecule has 2 rings (SSSR count). The molecule has 7 nitrogen and oxygen atoms in total. The summed E-state index contributed by atoms with van der Waals surface area (Å²) in [5, 5.41) is 0. The number of hydrogen-bond donors (Lipinski definition) is 1. The van der Waals surface area contributed by atoms with Crippen LogP contribution in [0.25, 0.3) is 0 Å². The first-order valence-corrected chi connectivity index (χ1v) is 9.54. The Morgan fingerprint density at radius 1 is 1.08 bits per heavy atom. The molecule has 0 spiro atoms. The van der Waals surface area contributed by atoms with Crippen molar-refractivity contribution in [1.82, 2.24) is 4.31 Å². The van der Waals surface area contributed by atoms with Crippen LogP contribution in [0.1, 0.15) is 25.3 Å². The molecule has 0 radical (unpaired) electrons. The second-order valence-electron chi connectivity index (χ2n) is 5.43. The van der Waals surface area contributed by atoms with E-state index in [1.54, 1.807) is 60.7 Å². The van der Waals surface area contributed by atoms with Crippen molar-refractivity contribution in [1.29, 1.82) is 0 Å². The quantitative estimate of drug-likeness (QED) is 0.592. The summed E-state index contributed by atoms with van der Waals surface area (Å²) >= 11 is 0. The SMILES string of the molecule is CCCCN(C(=O)Oc1ccccc1)S(=O)(=O)N=C(N)c1ccccc1. The van der Waals surface area contributed by atoms with Crippen molar-refractivity contribution < 1.29 is 17.9 Å². The summed E-state index contributed by atoms with van der Waals surface area (Å²) in [6.45, 7) is 1.84. The van der Waals surface area contributed by atoms with Gasteiger partial charge in [0.15, 0.2) is 0 Å². The smallest absolute Gasteiger partial charge is 0.409 e. The zero-order valence-corrected chi connectivity index (χ0v) is 15.2. The summed E-state index contributed by atoms with van der Waals surface area (Å²) in [6.07, 6.45) is 0.154. The molecule has 0 saturated carbocycles. The molecule has 0 aromatic heterocycles. The Kier molecular flexibility index (Phi) is 6.74. The Hall–Kier alpha value is -2.87. The average molecular weight is 375 g/mol. The molecule has 0 heterocycles. The van der Waals surface area contributed by atoms with Crippen LogP contribution in [-0.4, -0.2) is 31.2 Å². The number of ether oxygens (including phenoxy) is 1. The highest BCUT2D eigenvalue weighted by Crippen LogP contribution is 2.14. The summed E-state index contributed by atoms with van der Waals surface area (Å²) in [6, 6.07) is 16.7. The zero-order valence-electron chi connectivity index (χ0n) is 14.4. The van der Waals surface area contributed by atoms with Crippen molar-refractivity contribution in [2.75, 3.05) is 6.54 Å². The number of carbonyl (C=O) groups excluding carboxylic acids is 1. The van der Waals surface area contributed by atoms with Gasteiger partial charge in [-0.2, -0.15) is 12.7 Å². The van der Waals surface area contributed by atoms with Crippen LogP contribution in [0, 0.1) is 0 Å². The number of carbonyl (C=O) groups is 1. The third-order valence-electron chi connectivity index (χ3n) is 3.43. The summed E-state index contributed by atoms with van der Waals surface area (Å²) in [7, 11) is -4.34. The van der Waals surface area contributed by atoms with Crippen molar-refractivity contribution >= 4 is 22.1 Å². The monoisotopic (exact) mass is 375 g/mol. The minimum absolute atomic E-state index is 0.0456. The van der Waals surface area contributed by atoms with E-state index in [0.717, 1.165) is 0 Å². The van der Waals surface area contributed by atoms with E-state index in [0.29, 0.717) is 22.7 Å². The third kappa shape index (κ3) is 5.32. The molecule has 2 aromatic rings. The van der Waals surface area contributed by atoms with Crippen LogP contribution in [0.3, 0.4) is 0 Å². The molecule has 2 aromatic carbocycles. The Bertz CT molecular complexity index is 853. The van der Waals surface area contributed by atoms with Crippen molar-refractivity contribution in [3.05, 3.63) is 66.2 Å². The molecule has 1 amide bonds. The van der Waals surface area contributed by atoms with E-state index < -0.39 is 16.3 Å². The zero-order chi connectivity index (χ0) is 19.0. The fourth-order valence-corrected chi connectivity index (χ4v) is 3.12. The molecule has 0 aliphatic carbocycles. The fourth-order valence-electron chi connectivity index (χ4n) is 2.08. The molecule has 0 unspecified atom stereocenters. The second-order valence-corrected chi connectivity index (χ2v) is 6.95. The standard InChI is InChI=1S/C18H21N3O4S/c1-2-3-14-21(18(22)25-16-12-8-5-9-13-16)26(23,24)20-17(19)15-10-6-4-7-11-15/h4-13H,2-3,14H2,1H3,(H2,19,20). The number of nitrogens with zero attached hydrogens (tertiary/aromatic N) is 2. The first-order chi connectivity index (χ1) is 12.4. The molecule has 0 fully saturated rings. The summed E-state index contributed by atoms with van der Waals surface area (Å²) < 4.78 is 34.5. The predicted octanol–water partition coefficient (Wildman–Crippen LogP) is 2.94. The highest BCUT2D eigenvalue weighted by molar-refractivity contribution is 7.88. The molecule has 0 saturated heterocycles. The van der Waals surface area contributed by atoms with E-state index in [1.807, 2.05) is 6.92 Å². The van der Waals surface area contributed by atoms with Gasteiger partial charge in [-0.25, -0.2) is 4.79 Å². The number of hydrogen-bond acceptors (Lipinski definition) is 4. The van der Waals surface area contributed by atoms with Crippen LogP contribution in [-0.2, 0) is 10.2 Å². The van der Waals surface area contributed by atoms with Crippen molar-refractivity contribution in [3.63, 3.8) is 0 Å². The number of unbranched alkanes of at least 4 members (excludes halogenated alkanes) is 1. The molecule has 26 heavy (non-hydrogen) atoms. The van der Waals surface area contributed by atoms with E-state index in [1.165, 1.54) is 0 Å². The Balaban J connectivity index is 2.27. The number of amidine groups is 1. The lowest BCUT2D eigenvalue weighted by atomic mass is 10.2. The second kappa shape index (κ2) is 9.00. The summed E-state index contributed by atoms with van der Waals surface area (Å²) in [4.78, 5) is 12.4. The summed E-state index contributed by atoms with van der Waals surface area (Å²) in [5.74, 6) is 0.0498. The first kappa shape index (κ1) is 19.5. The lowest BCUT2D eigenvalue weighted by Gasteiger charge is -2.19. The van der Waals surface area contributed by atoms with Gasteiger partial charge in [0.25, 0.3) is 0 Å². The van der Waals surface area contributed by atoms with Crippen LogP contribution in [0.5, 0.6) is 5.75 Å². The van der Waals surface area contributed by atoms with Gasteiger partial charge in [0.05, 0.1) is 0 Å². The maximum atomic E-state index is 12.6. The topological polar surface area (TPSA) is 102 Å². The van der Waals surface area contributed by atoms with Gasteiger partial charge in [0, 0.05) is 12.1 Å². The Morgan fingerprint density at radius 3 is 2.23 bits per heavy atom. The molecule has 0 atom stereocenters. The van der Waals surface area contributed by atoms with Gasteiger partial charge in [0.2, 0.25) is 0 Å². The van der Waals surface area contributed by atoms with Crippen molar-refractivity contribution in [2.45, 2.75) is 19.8 Å². The van der Waals surface area contributed by atoms with E-state index in [4.69, 9.17) is 10.5 Å². The largest absolute Gasteiger partial charge is 0.430 e. The van der Waals surface area contributed by atoms with Gasteiger partial charge in [-0.3, -0.25) is 0 Å². The van der Waals surface area contributed by atoms with E-state index >= 15 is 0 Å². The maximum Gasteiger partial charge on any atom is 0.430 e. The van der Waals surface area contributed by atoms with Gasteiger partial charge >= 0.3 is 16.3 Å². The van der Waals surface area contributed by atoms with Gasteiger partial charge in [-0.1, -0.05) is 61.9 Å². The maximum absolute atomic E-state index is 12.6. The van der Waals surface area contributed by atoms with Crippen molar-refractivity contribution in [3.8, 4) is 5.75 Å². The average Bonchev–Trinajstić information content (AvgIpc) is 2.63. The number of nitrogens with two attached hydrogens (primary N) is 1. The van der Waals surface area contributed by atoms with Crippen molar-refractivity contribution in [2.24, 2.45) is 10.1 Å². The third-order valence-corrected chi connectivity index (χ3v) is 4.74. The van der Waals surface area contributed by atoms with Crippen LogP contribution >= 0.6 is 0 Å². The van der Waals surface area contributed by atoms with Crippen LogP contribution in [0.15, 0.2) is 65.1 Å². The van der Waals surface area contributed by atoms with E-state index in [-0.39, 0.29) is 18.1 Å². The Labute approximate surface area is 153 Å². The predicted molar refractivity (Wildman–Crippen MR) is 100 cm³/mol. The molecule has 0 aliphatic rings. The van der Waals surface area contributed by atoms with Gasteiger partial charge < -0.3 is 10.5 Å².